The van der Waals surface area contributed by atoms with Crippen LogP contribution in [0.1, 0.15) is 0 Å². The van der Waals surface area contributed by atoms with E-state index in [1.807, 2.05) is 18.2 Å². The summed E-state index contributed by atoms with van der Waals surface area (Å²) in [4.78, 5) is 16.3. The van der Waals surface area contributed by atoms with Crippen molar-refractivity contribution in [1.82, 2.24) is 19.7 Å². The molecule has 31 heavy (non-hydrogen) atoms. The summed E-state index contributed by atoms with van der Waals surface area (Å²) in [5, 5.41) is 11.4. The number of hydrogen-bond acceptors (Lipinski definition) is 5. The topological polar surface area (TPSA) is 72.7 Å². The average Bonchev–Trinajstić information content (AvgIpc) is 3.18. The van der Waals surface area contributed by atoms with Gasteiger partial charge in [0.05, 0.1) is 17.1 Å². The number of carbonyl (C=O) groups excluding carboxylic acids is 1. The van der Waals surface area contributed by atoms with E-state index >= 15 is 0 Å². The molecule has 0 bridgehead atoms. The minimum atomic E-state index is -0.773. The Bertz CT molecular complexity index is 1240. The molecule has 156 valence electrons. The molecule has 4 rings (SSSR count). The highest BCUT2D eigenvalue weighted by Crippen LogP contribution is 2.29. The van der Waals surface area contributed by atoms with Crippen molar-refractivity contribution in [1.29, 1.82) is 0 Å². The van der Waals surface area contributed by atoms with Crippen LogP contribution in [-0.4, -0.2) is 31.4 Å². The number of thioether (sulfide) groups is 1. The second kappa shape index (κ2) is 9.23. The lowest BCUT2D eigenvalue weighted by molar-refractivity contribution is -0.113. The Labute approximate surface area is 185 Å². The third kappa shape index (κ3) is 4.73. The number of aromatic nitrogens is 4. The molecular formula is C21H14ClF2N5OS. The first kappa shape index (κ1) is 21.0. The van der Waals surface area contributed by atoms with Gasteiger partial charge in [-0.3, -0.25) is 9.36 Å². The van der Waals surface area contributed by atoms with E-state index in [-0.39, 0.29) is 27.7 Å². The summed E-state index contributed by atoms with van der Waals surface area (Å²) in [6.07, 6.45) is 1.51. The van der Waals surface area contributed by atoms with Crippen LogP contribution in [-0.2, 0) is 4.79 Å². The zero-order valence-corrected chi connectivity index (χ0v) is 17.4. The van der Waals surface area contributed by atoms with E-state index in [1.165, 1.54) is 16.8 Å². The first-order valence-electron chi connectivity index (χ1n) is 9.02. The van der Waals surface area contributed by atoms with Crippen molar-refractivity contribution >= 4 is 35.0 Å². The van der Waals surface area contributed by atoms with Gasteiger partial charge in [-0.1, -0.05) is 53.7 Å². The Kier molecular flexibility index (Phi) is 6.24. The number of carbonyl (C=O) groups is 1. The lowest BCUT2D eigenvalue weighted by atomic mass is 10.2. The van der Waals surface area contributed by atoms with E-state index in [1.54, 1.807) is 24.3 Å². The van der Waals surface area contributed by atoms with Crippen molar-refractivity contribution < 1.29 is 13.6 Å². The maximum atomic E-state index is 14.6. The van der Waals surface area contributed by atoms with Gasteiger partial charge in [0, 0.05) is 17.8 Å². The Morgan fingerprint density at radius 2 is 1.87 bits per heavy atom. The zero-order chi connectivity index (χ0) is 21.8. The van der Waals surface area contributed by atoms with Crippen molar-refractivity contribution in [2.45, 2.75) is 5.16 Å². The van der Waals surface area contributed by atoms with Crippen LogP contribution in [0, 0.1) is 11.6 Å². The van der Waals surface area contributed by atoms with Crippen LogP contribution < -0.4 is 5.32 Å². The number of anilines is 1. The fraction of sp³-hybridized carbons (Fsp3) is 0.0476. The van der Waals surface area contributed by atoms with Gasteiger partial charge in [0.1, 0.15) is 11.6 Å². The third-order valence-corrected chi connectivity index (χ3v) is 5.41. The molecule has 0 unspecified atom stereocenters. The quantitative estimate of drug-likeness (QED) is 0.326. The Morgan fingerprint density at radius 1 is 1.06 bits per heavy atom. The molecule has 1 N–H and O–H groups in total. The van der Waals surface area contributed by atoms with E-state index in [0.717, 1.165) is 23.9 Å². The summed E-state index contributed by atoms with van der Waals surface area (Å²) >= 11 is 7.02. The summed E-state index contributed by atoms with van der Waals surface area (Å²) in [6, 6.07) is 15.6. The molecule has 0 saturated heterocycles. The lowest BCUT2D eigenvalue weighted by Gasteiger charge is -2.11. The van der Waals surface area contributed by atoms with Crippen molar-refractivity contribution in [3.8, 4) is 17.1 Å². The molecule has 2 aromatic carbocycles. The van der Waals surface area contributed by atoms with E-state index in [0.29, 0.717) is 17.1 Å². The molecule has 0 saturated carbocycles. The summed E-state index contributed by atoms with van der Waals surface area (Å²) in [7, 11) is 0. The van der Waals surface area contributed by atoms with Gasteiger partial charge in [0.2, 0.25) is 5.91 Å². The molecule has 0 spiro atoms. The van der Waals surface area contributed by atoms with E-state index in [4.69, 9.17) is 11.6 Å². The number of benzene rings is 2. The SMILES string of the molecule is O=C(CSc1nnc(-c2ccccc2)n1-c1ccc(F)cc1F)Nc1cccnc1Cl. The van der Waals surface area contributed by atoms with Crippen LogP contribution in [0.4, 0.5) is 14.5 Å². The number of amides is 1. The molecule has 1 amide bonds. The molecule has 0 aliphatic rings. The number of halogens is 3. The van der Waals surface area contributed by atoms with Crippen LogP contribution in [0.2, 0.25) is 5.15 Å². The fourth-order valence-electron chi connectivity index (χ4n) is 2.81. The summed E-state index contributed by atoms with van der Waals surface area (Å²) in [5.41, 5.74) is 1.14. The number of pyridine rings is 1. The first-order valence-corrected chi connectivity index (χ1v) is 10.4. The Morgan fingerprint density at radius 3 is 2.61 bits per heavy atom. The molecule has 6 nitrogen and oxygen atoms in total. The van der Waals surface area contributed by atoms with E-state index in [9.17, 15) is 13.6 Å². The highest BCUT2D eigenvalue weighted by atomic mass is 35.5. The minimum absolute atomic E-state index is 0.0407. The van der Waals surface area contributed by atoms with Gasteiger partial charge in [0.25, 0.3) is 0 Å². The fourth-order valence-corrected chi connectivity index (χ4v) is 3.72. The molecule has 0 radical (unpaired) electrons. The number of nitrogens with one attached hydrogen (secondary N) is 1. The normalized spacial score (nSPS) is 10.8. The lowest BCUT2D eigenvalue weighted by Crippen LogP contribution is -2.15. The molecule has 2 heterocycles. The van der Waals surface area contributed by atoms with Crippen molar-refractivity contribution in [3.05, 3.63) is 83.6 Å². The monoisotopic (exact) mass is 457 g/mol. The smallest absolute Gasteiger partial charge is 0.234 e. The van der Waals surface area contributed by atoms with Crippen LogP contribution >= 0.6 is 23.4 Å². The number of nitrogens with zero attached hydrogens (tertiary/aromatic N) is 4. The average molecular weight is 458 g/mol. The minimum Gasteiger partial charge on any atom is -0.323 e. The van der Waals surface area contributed by atoms with Gasteiger partial charge < -0.3 is 5.32 Å². The highest BCUT2D eigenvalue weighted by molar-refractivity contribution is 7.99. The predicted molar refractivity (Wildman–Crippen MR) is 115 cm³/mol. The molecule has 2 aromatic heterocycles. The molecule has 0 aliphatic carbocycles. The molecule has 0 fully saturated rings. The van der Waals surface area contributed by atoms with Crippen molar-refractivity contribution in [2.75, 3.05) is 11.1 Å². The summed E-state index contributed by atoms with van der Waals surface area (Å²) in [6.45, 7) is 0. The summed E-state index contributed by atoms with van der Waals surface area (Å²) < 4.78 is 29.5. The second-order valence-electron chi connectivity index (χ2n) is 6.28. The third-order valence-electron chi connectivity index (χ3n) is 4.18. The van der Waals surface area contributed by atoms with E-state index in [2.05, 4.69) is 20.5 Å². The molecule has 0 atom stereocenters. The van der Waals surface area contributed by atoms with Gasteiger partial charge in [-0.2, -0.15) is 0 Å². The van der Waals surface area contributed by atoms with Gasteiger partial charge in [0.15, 0.2) is 16.1 Å². The zero-order valence-electron chi connectivity index (χ0n) is 15.8. The Hall–Kier alpha value is -3.30. The van der Waals surface area contributed by atoms with Gasteiger partial charge in [-0.25, -0.2) is 13.8 Å². The first-order chi connectivity index (χ1) is 15.0. The molecular weight excluding hydrogens is 444 g/mol. The number of rotatable bonds is 6. The number of hydrogen-bond donors (Lipinski definition) is 1. The maximum Gasteiger partial charge on any atom is 0.234 e. The largest absolute Gasteiger partial charge is 0.323 e. The highest BCUT2D eigenvalue weighted by Gasteiger charge is 2.20. The van der Waals surface area contributed by atoms with E-state index < -0.39 is 11.6 Å². The van der Waals surface area contributed by atoms with Crippen LogP contribution in [0.3, 0.4) is 0 Å². The molecule has 4 aromatic rings. The van der Waals surface area contributed by atoms with Crippen LogP contribution in [0.25, 0.3) is 17.1 Å². The molecule has 0 aliphatic heterocycles. The van der Waals surface area contributed by atoms with Crippen molar-refractivity contribution in [2.24, 2.45) is 0 Å². The van der Waals surface area contributed by atoms with Crippen LogP contribution in [0.5, 0.6) is 0 Å². The van der Waals surface area contributed by atoms with Gasteiger partial charge in [-0.15, -0.1) is 10.2 Å². The standard InChI is InChI=1S/C21H14ClF2N5OS/c22-19-16(7-4-10-25-19)26-18(30)12-31-21-28-27-20(13-5-2-1-3-6-13)29(21)17-9-8-14(23)11-15(17)24/h1-11H,12H2,(H,26,30). The van der Waals surface area contributed by atoms with Crippen LogP contribution in [0.15, 0.2) is 72.0 Å². The van der Waals surface area contributed by atoms with Crippen molar-refractivity contribution in [3.63, 3.8) is 0 Å². The predicted octanol–water partition coefficient (Wildman–Crippen LogP) is 4.99. The van der Waals surface area contributed by atoms with Gasteiger partial charge >= 0.3 is 0 Å². The Balaban J connectivity index is 1.64. The molecule has 10 heteroatoms. The summed E-state index contributed by atoms with van der Waals surface area (Å²) in [5.74, 6) is -1.50. The second-order valence-corrected chi connectivity index (χ2v) is 7.58. The maximum absolute atomic E-state index is 14.6. The van der Waals surface area contributed by atoms with Gasteiger partial charge in [-0.05, 0) is 24.3 Å².